The lowest BCUT2D eigenvalue weighted by atomic mass is 10.1. The van der Waals surface area contributed by atoms with Crippen LogP contribution in [-0.4, -0.2) is 34.5 Å². The molecule has 0 N–H and O–H groups in total. The number of hydrogen-bond donors (Lipinski definition) is 0. The van der Waals surface area contributed by atoms with Gasteiger partial charge in [0.05, 0.1) is 25.1 Å². The van der Waals surface area contributed by atoms with Gasteiger partial charge in [0.1, 0.15) is 5.75 Å². The summed E-state index contributed by atoms with van der Waals surface area (Å²) in [6, 6.07) is 15.7. The van der Waals surface area contributed by atoms with Gasteiger partial charge in [-0.2, -0.15) is 5.10 Å². The fraction of sp³-hybridized carbons (Fsp3) is 0.348. The Morgan fingerprint density at radius 1 is 1.17 bits per heavy atom. The minimum Gasteiger partial charge on any atom is -0.497 e. The Bertz CT molecular complexity index is 893. The van der Waals surface area contributed by atoms with Crippen LogP contribution in [0.2, 0.25) is 0 Å². The van der Waals surface area contributed by atoms with E-state index in [9.17, 15) is 4.79 Å². The molecule has 0 bridgehead atoms. The number of thioether (sulfide) groups is 1. The molecule has 2 aromatic carbocycles. The quantitative estimate of drug-likeness (QED) is 0.454. The summed E-state index contributed by atoms with van der Waals surface area (Å²) < 4.78 is 5.17. The van der Waals surface area contributed by atoms with E-state index in [-0.39, 0.29) is 11.2 Å². The Morgan fingerprint density at radius 2 is 1.93 bits per heavy atom. The van der Waals surface area contributed by atoms with Gasteiger partial charge >= 0.3 is 0 Å². The first kappa shape index (κ1) is 21.1. The predicted molar refractivity (Wildman–Crippen MR) is 121 cm³/mol. The largest absolute Gasteiger partial charge is 0.497 e. The lowest BCUT2D eigenvalue weighted by Crippen LogP contribution is -2.31. The molecule has 29 heavy (non-hydrogen) atoms. The second kappa shape index (κ2) is 10.3. The van der Waals surface area contributed by atoms with Gasteiger partial charge in [-0.15, -0.1) is 5.10 Å². The van der Waals surface area contributed by atoms with Crippen LogP contribution in [0.5, 0.6) is 5.75 Å². The molecule has 1 unspecified atom stereocenters. The average molecular weight is 410 g/mol. The number of aryl methyl sites for hydroxylation is 1. The fourth-order valence-corrected chi connectivity index (χ4v) is 4.24. The maximum absolute atomic E-state index is 13.0. The molecule has 1 amide bonds. The molecule has 1 saturated heterocycles. The minimum absolute atomic E-state index is 0.0751. The molecule has 0 spiro atoms. The van der Waals surface area contributed by atoms with Crippen LogP contribution in [0.3, 0.4) is 0 Å². The van der Waals surface area contributed by atoms with Crippen LogP contribution in [0.15, 0.2) is 58.7 Å². The van der Waals surface area contributed by atoms with Crippen molar-refractivity contribution in [3.05, 3.63) is 65.2 Å². The molecular formula is C23H27N3O2S. The highest BCUT2D eigenvalue weighted by Crippen LogP contribution is 2.32. The molecule has 2 aromatic rings. The predicted octanol–water partition coefficient (Wildman–Crippen LogP) is 5.03. The first-order valence-corrected chi connectivity index (χ1v) is 10.8. The van der Waals surface area contributed by atoms with Crippen molar-refractivity contribution in [1.82, 2.24) is 4.90 Å². The Balaban J connectivity index is 1.79. The summed E-state index contributed by atoms with van der Waals surface area (Å²) in [6.07, 6.45) is 4.67. The molecule has 1 fully saturated rings. The number of rotatable bonds is 8. The van der Waals surface area contributed by atoms with Crippen molar-refractivity contribution >= 4 is 29.1 Å². The number of amides is 1. The summed E-state index contributed by atoms with van der Waals surface area (Å²) >= 11 is 1.53. The van der Waals surface area contributed by atoms with Crippen molar-refractivity contribution in [3.63, 3.8) is 0 Å². The second-order valence-electron chi connectivity index (χ2n) is 7.00. The number of ether oxygens (including phenoxy) is 1. The summed E-state index contributed by atoms with van der Waals surface area (Å²) in [5.41, 5.74) is 3.23. The second-order valence-corrected chi connectivity index (χ2v) is 8.17. The summed E-state index contributed by atoms with van der Waals surface area (Å²) in [7, 11) is 1.64. The van der Waals surface area contributed by atoms with E-state index in [1.165, 1.54) is 17.3 Å². The van der Waals surface area contributed by atoms with Crippen LogP contribution in [0.1, 0.15) is 42.9 Å². The zero-order valence-corrected chi connectivity index (χ0v) is 18.0. The van der Waals surface area contributed by atoms with Crippen molar-refractivity contribution in [2.24, 2.45) is 10.2 Å². The third kappa shape index (κ3) is 5.48. The van der Waals surface area contributed by atoms with Gasteiger partial charge in [0.15, 0.2) is 5.17 Å². The highest BCUT2D eigenvalue weighted by molar-refractivity contribution is 8.15. The van der Waals surface area contributed by atoms with Crippen molar-refractivity contribution in [2.75, 3.05) is 7.11 Å². The van der Waals surface area contributed by atoms with Gasteiger partial charge in [0, 0.05) is 0 Å². The standard InChI is InChI=1S/C23H27N3O2S/c1-4-5-10-21-22(27)26(16-19-9-7-6-8-17(19)2)23(29-21)25-24-15-18-11-13-20(28-3)14-12-18/h6-9,11-15,21H,4-5,10,16H2,1-3H3/b24-15+,25-23-. The maximum Gasteiger partial charge on any atom is 0.242 e. The summed E-state index contributed by atoms with van der Waals surface area (Å²) in [5.74, 6) is 0.929. The van der Waals surface area contributed by atoms with Crippen LogP contribution in [0.4, 0.5) is 0 Å². The summed E-state index contributed by atoms with van der Waals surface area (Å²) in [4.78, 5) is 14.8. The number of amidine groups is 1. The third-order valence-electron chi connectivity index (χ3n) is 4.90. The fourth-order valence-electron chi connectivity index (χ4n) is 3.10. The van der Waals surface area contributed by atoms with Gasteiger partial charge in [0.25, 0.3) is 0 Å². The van der Waals surface area contributed by atoms with Gasteiger partial charge in [-0.05, 0) is 54.3 Å². The molecule has 1 aliphatic heterocycles. The minimum atomic E-state index is -0.0751. The van der Waals surface area contributed by atoms with E-state index < -0.39 is 0 Å². The molecule has 0 aromatic heterocycles. The molecule has 0 saturated carbocycles. The molecule has 0 aliphatic carbocycles. The monoisotopic (exact) mass is 409 g/mol. The lowest BCUT2D eigenvalue weighted by molar-refractivity contribution is -0.126. The Morgan fingerprint density at radius 3 is 2.62 bits per heavy atom. The molecule has 152 valence electrons. The SMILES string of the molecule is CCCCC1S/C(=N\N=C\c2ccc(OC)cc2)N(Cc2ccccc2C)C1=O. The molecule has 0 radical (unpaired) electrons. The van der Waals surface area contributed by atoms with Crippen LogP contribution < -0.4 is 4.74 Å². The van der Waals surface area contributed by atoms with Gasteiger partial charge in [-0.3, -0.25) is 9.69 Å². The lowest BCUT2D eigenvalue weighted by Gasteiger charge is -2.17. The first-order valence-electron chi connectivity index (χ1n) is 9.90. The van der Waals surface area contributed by atoms with Gasteiger partial charge in [-0.1, -0.05) is 55.8 Å². The molecule has 1 atom stereocenters. The van der Waals surface area contributed by atoms with E-state index in [1.54, 1.807) is 18.2 Å². The number of methoxy groups -OCH3 is 1. The Kier molecular flexibility index (Phi) is 7.47. The number of benzene rings is 2. The van der Waals surface area contributed by atoms with E-state index in [4.69, 9.17) is 4.74 Å². The number of hydrogen-bond acceptors (Lipinski definition) is 5. The Hall–Kier alpha value is -2.60. The molecular weight excluding hydrogens is 382 g/mol. The molecule has 6 heteroatoms. The Labute approximate surface area is 176 Å². The number of carbonyl (C=O) groups excluding carboxylic acids is 1. The topological polar surface area (TPSA) is 54.3 Å². The highest BCUT2D eigenvalue weighted by atomic mass is 32.2. The molecule has 3 rings (SSSR count). The van der Waals surface area contributed by atoms with E-state index in [2.05, 4.69) is 36.2 Å². The highest BCUT2D eigenvalue weighted by Gasteiger charge is 2.37. The summed E-state index contributed by atoms with van der Waals surface area (Å²) in [5, 5.41) is 9.25. The van der Waals surface area contributed by atoms with Crippen LogP contribution in [0.25, 0.3) is 0 Å². The smallest absolute Gasteiger partial charge is 0.242 e. The van der Waals surface area contributed by atoms with Crippen molar-refractivity contribution < 1.29 is 9.53 Å². The van der Waals surface area contributed by atoms with Crippen LogP contribution >= 0.6 is 11.8 Å². The van der Waals surface area contributed by atoms with Crippen molar-refractivity contribution in [2.45, 2.75) is 44.9 Å². The van der Waals surface area contributed by atoms with E-state index >= 15 is 0 Å². The zero-order valence-electron chi connectivity index (χ0n) is 17.2. The number of unbranched alkanes of at least 4 members (excludes halogenated alkanes) is 1. The van der Waals surface area contributed by atoms with Crippen molar-refractivity contribution in [3.8, 4) is 5.75 Å². The molecule has 5 nitrogen and oxygen atoms in total. The molecule has 1 heterocycles. The van der Waals surface area contributed by atoms with Crippen LogP contribution in [0, 0.1) is 6.92 Å². The van der Waals surface area contributed by atoms with E-state index in [0.29, 0.717) is 11.7 Å². The maximum atomic E-state index is 13.0. The normalized spacial score (nSPS) is 18.2. The van der Waals surface area contributed by atoms with Gasteiger partial charge < -0.3 is 4.74 Å². The van der Waals surface area contributed by atoms with Crippen molar-refractivity contribution in [1.29, 1.82) is 0 Å². The van der Waals surface area contributed by atoms with Gasteiger partial charge in [-0.25, -0.2) is 0 Å². The van der Waals surface area contributed by atoms with Crippen LogP contribution in [-0.2, 0) is 11.3 Å². The van der Waals surface area contributed by atoms with E-state index in [0.717, 1.165) is 36.1 Å². The summed E-state index contributed by atoms with van der Waals surface area (Å²) in [6.45, 7) is 4.73. The first-order chi connectivity index (χ1) is 14.1. The molecule has 1 aliphatic rings. The third-order valence-corrected chi connectivity index (χ3v) is 6.13. The van der Waals surface area contributed by atoms with Gasteiger partial charge in [0.2, 0.25) is 5.91 Å². The number of nitrogens with zero attached hydrogens (tertiary/aromatic N) is 3. The van der Waals surface area contributed by atoms with E-state index in [1.807, 2.05) is 36.4 Å². The zero-order chi connectivity index (χ0) is 20.6. The average Bonchev–Trinajstić information content (AvgIpc) is 3.03. The number of carbonyl (C=O) groups is 1.